The molecule has 4 rings (SSSR count). The molecule has 0 aromatic carbocycles. The van der Waals surface area contributed by atoms with E-state index in [9.17, 15) is 4.79 Å². The van der Waals surface area contributed by atoms with E-state index < -0.39 is 0 Å². The maximum Gasteiger partial charge on any atom is 0.224 e. The summed E-state index contributed by atoms with van der Waals surface area (Å²) in [5, 5.41) is 6.80. The van der Waals surface area contributed by atoms with Crippen LogP contribution in [0.15, 0.2) is 0 Å². The van der Waals surface area contributed by atoms with Crippen molar-refractivity contribution >= 4 is 5.91 Å². The van der Waals surface area contributed by atoms with E-state index in [-0.39, 0.29) is 17.4 Å². The first kappa shape index (κ1) is 15.3. The van der Waals surface area contributed by atoms with Crippen molar-refractivity contribution in [2.45, 2.75) is 71.8 Å². The third-order valence-corrected chi connectivity index (χ3v) is 6.16. The summed E-state index contributed by atoms with van der Waals surface area (Å²) in [4.78, 5) is 12.6. The lowest BCUT2D eigenvalue weighted by atomic mass is 9.42. The van der Waals surface area contributed by atoms with Gasteiger partial charge < -0.3 is 10.6 Å². The van der Waals surface area contributed by atoms with E-state index in [1.807, 2.05) is 6.92 Å². The van der Waals surface area contributed by atoms with Gasteiger partial charge in [-0.25, -0.2) is 0 Å². The van der Waals surface area contributed by atoms with Crippen LogP contribution >= 0.6 is 0 Å². The first-order valence-corrected chi connectivity index (χ1v) is 8.80. The molecule has 0 aromatic heterocycles. The molecule has 4 bridgehead atoms. The third-order valence-electron chi connectivity index (χ3n) is 6.16. The van der Waals surface area contributed by atoms with Gasteiger partial charge in [-0.3, -0.25) is 4.79 Å². The van der Waals surface area contributed by atoms with Gasteiger partial charge in [-0.05, 0) is 61.8 Å². The van der Waals surface area contributed by atoms with Crippen molar-refractivity contribution in [1.29, 1.82) is 0 Å². The van der Waals surface area contributed by atoms with Crippen LogP contribution in [0, 0.1) is 22.7 Å². The van der Waals surface area contributed by atoms with E-state index in [0.717, 1.165) is 19.0 Å². The van der Waals surface area contributed by atoms with Crippen LogP contribution in [0.2, 0.25) is 0 Å². The lowest BCUT2D eigenvalue weighted by Crippen LogP contribution is -2.65. The highest BCUT2D eigenvalue weighted by Gasteiger charge is 2.60. The third kappa shape index (κ3) is 2.86. The van der Waals surface area contributed by atoms with Gasteiger partial charge in [0.15, 0.2) is 0 Å². The second-order valence-corrected chi connectivity index (χ2v) is 9.11. The van der Waals surface area contributed by atoms with Crippen molar-refractivity contribution in [3.05, 3.63) is 0 Å². The summed E-state index contributed by atoms with van der Waals surface area (Å²) in [6.45, 7) is 10.8. The monoisotopic (exact) mass is 292 g/mol. The zero-order valence-corrected chi connectivity index (χ0v) is 14.2. The second-order valence-electron chi connectivity index (χ2n) is 9.11. The number of rotatable bonds is 5. The molecular formula is C18H32N2O. The minimum atomic E-state index is 0.0681. The molecule has 0 aromatic rings. The molecule has 2 N–H and O–H groups in total. The van der Waals surface area contributed by atoms with E-state index in [2.05, 4.69) is 31.4 Å². The van der Waals surface area contributed by atoms with E-state index in [1.165, 1.54) is 38.5 Å². The Morgan fingerprint density at radius 2 is 1.76 bits per heavy atom. The fourth-order valence-electron chi connectivity index (χ4n) is 6.43. The van der Waals surface area contributed by atoms with Gasteiger partial charge >= 0.3 is 0 Å². The Morgan fingerprint density at radius 3 is 2.29 bits per heavy atom. The van der Waals surface area contributed by atoms with Crippen LogP contribution < -0.4 is 10.6 Å². The summed E-state index contributed by atoms with van der Waals surface area (Å²) in [5.74, 6) is 1.16. The molecule has 1 amide bonds. The van der Waals surface area contributed by atoms with Crippen LogP contribution in [0.1, 0.15) is 66.2 Å². The molecule has 3 unspecified atom stereocenters. The Bertz CT molecular complexity index is 415. The van der Waals surface area contributed by atoms with Gasteiger partial charge in [-0.2, -0.15) is 0 Å². The molecule has 0 saturated heterocycles. The van der Waals surface area contributed by atoms with Crippen molar-refractivity contribution in [2.24, 2.45) is 22.7 Å². The zero-order chi connectivity index (χ0) is 15.3. The summed E-state index contributed by atoms with van der Waals surface area (Å²) in [6.07, 6.45) is 7.75. The van der Waals surface area contributed by atoms with Crippen LogP contribution in [0.3, 0.4) is 0 Å². The number of nitrogens with one attached hydrogen (secondary N) is 2. The average Bonchev–Trinajstić information content (AvgIpc) is 2.30. The fraction of sp³-hybridized carbons (Fsp3) is 0.944. The van der Waals surface area contributed by atoms with Gasteiger partial charge in [-0.15, -0.1) is 0 Å². The molecule has 0 radical (unpaired) electrons. The maximum atomic E-state index is 12.6. The SMILES string of the molecule is CCNCC(C)C(=O)NC12CC3CC(C)(CC(C)(C3)C1)C2. The van der Waals surface area contributed by atoms with Gasteiger partial charge in [0.25, 0.3) is 0 Å². The summed E-state index contributed by atoms with van der Waals surface area (Å²) < 4.78 is 0. The molecule has 0 spiro atoms. The Hall–Kier alpha value is -0.570. The van der Waals surface area contributed by atoms with E-state index >= 15 is 0 Å². The van der Waals surface area contributed by atoms with Gasteiger partial charge in [0, 0.05) is 18.0 Å². The van der Waals surface area contributed by atoms with Crippen LogP contribution in [0.25, 0.3) is 0 Å². The molecule has 4 aliphatic carbocycles. The molecule has 0 aliphatic heterocycles. The molecule has 3 atom stereocenters. The highest BCUT2D eigenvalue weighted by Crippen LogP contribution is 2.66. The number of carbonyl (C=O) groups is 1. The van der Waals surface area contributed by atoms with Crippen molar-refractivity contribution in [3.8, 4) is 0 Å². The van der Waals surface area contributed by atoms with Crippen molar-refractivity contribution in [2.75, 3.05) is 13.1 Å². The summed E-state index contributed by atoms with van der Waals surface area (Å²) in [7, 11) is 0. The fourth-order valence-corrected chi connectivity index (χ4v) is 6.43. The predicted molar refractivity (Wildman–Crippen MR) is 86.0 cm³/mol. The van der Waals surface area contributed by atoms with Gasteiger partial charge in [0.05, 0.1) is 0 Å². The lowest BCUT2D eigenvalue weighted by Gasteiger charge is -2.65. The minimum absolute atomic E-state index is 0.0681. The Kier molecular flexibility index (Phi) is 3.63. The molecule has 0 heterocycles. The predicted octanol–water partition coefficient (Wildman–Crippen LogP) is 3.10. The highest BCUT2D eigenvalue weighted by atomic mass is 16.2. The molecule has 4 aliphatic rings. The Morgan fingerprint density at radius 1 is 1.14 bits per heavy atom. The maximum absolute atomic E-state index is 12.6. The number of hydrogen-bond acceptors (Lipinski definition) is 2. The van der Waals surface area contributed by atoms with E-state index in [4.69, 9.17) is 0 Å². The summed E-state index contributed by atoms with van der Waals surface area (Å²) in [6, 6.07) is 0. The van der Waals surface area contributed by atoms with Crippen molar-refractivity contribution in [3.63, 3.8) is 0 Å². The topological polar surface area (TPSA) is 41.1 Å². The Labute approximate surface area is 129 Å². The Balaban J connectivity index is 1.71. The number of carbonyl (C=O) groups excluding carboxylic acids is 1. The highest BCUT2D eigenvalue weighted by molar-refractivity contribution is 5.79. The van der Waals surface area contributed by atoms with Crippen molar-refractivity contribution < 1.29 is 4.79 Å². The molecule has 3 nitrogen and oxygen atoms in total. The van der Waals surface area contributed by atoms with E-state index in [0.29, 0.717) is 10.8 Å². The van der Waals surface area contributed by atoms with Crippen LogP contribution in [-0.4, -0.2) is 24.5 Å². The smallest absolute Gasteiger partial charge is 0.224 e. The van der Waals surface area contributed by atoms with Crippen molar-refractivity contribution in [1.82, 2.24) is 10.6 Å². The van der Waals surface area contributed by atoms with Crippen LogP contribution in [0.4, 0.5) is 0 Å². The van der Waals surface area contributed by atoms with Gasteiger partial charge in [-0.1, -0.05) is 27.7 Å². The lowest BCUT2D eigenvalue weighted by molar-refractivity contribution is -0.142. The normalized spacial score (nSPS) is 45.6. The summed E-state index contributed by atoms with van der Waals surface area (Å²) in [5.41, 5.74) is 1.03. The van der Waals surface area contributed by atoms with Gasteiger partial charge in [0.1, 0.15) is 0 Å². The molecule has 4 fully saturated rings. The largest absolute Gasteiger partial charge is 0.350 e. The van der Waals surface area contributed by atoms with Crippen LogP contribution in [-0.2, 0) is 4.79 Å². The molecule has 3 heteroatoms. The number of amides is 1. The second kappa shape index (κ2) is 4.97. The first-order valence-electron chi connectivity index (χ1n) is 8.80. The molecule has 120 valence electrons. The zero-order valence-electron chi connectivity index (χ0n) is 14.2. The first-order chi connectivity index (χ1) is 9.77. The van der Waals surface area contributed by atoms with Crippen LogP contribution in [0.5, 0.6) is 0 Å². The summed E-state index contributed by atoms with van der Waals surface area (Å²) >= 11 is 0. The van der Waals surface area contributed by atoms with Gasteiger partial charge in [0.2, 0.25) is 5.91 Å². The number of hydrogen-bond donors (Lipinski definition) is 2. The quantitative estimate of drug-likeness (QED) is 0.817. The standard InChI is InChI=1S/C18H32N2O/c1-5-19-9-13(2)15(21)20-18-8-14-6-16(3,11-18)10-17(4,7-14)12-18/h13-14,19H,5-12H2,1-4H3,(H,20,21). The van der Waals surface area contributed by atoms with E-state index in [1.54, 1.807) is 0 Å². The average molecular weight is 292 g/mol. The molecule has 4 saturated carbocycles. The molecule has 21 heavy (non-hydrogen) atoms. The minimum Gasteiger partial charge on any atom is -0.350 e. The molecular weight excluding hydrogens is 260 g/mol.